The van der Waals surface area contributed by atoms with Gasteiger partial charge in [-0.3, -0.25) is 9.69 Å². The second kappa shape index (κ2) is 12.4. The van der Waals surface area contributed by atoms with E-state index in [1.807, 2.05) is 12.1 Å². The third-order valence-electron chi connectivity index (χ3n) is 6.32. The Kier molecular flexibility index (Phi) is 9.63. The molecule has 1 aromatic heterocycles. The van der Waals surface area contributed by atoms with Gasteiger partial charge in [-0.2, -0.15) is 4.98 Å². The van der Waals surface area contributed by atoms with Crippen molar-refractivity contribution in [2.45, 2.75) is 58.0 Å². The first-order valence-corrected chi connectivity index (χ1v) is 12.8. The quantitative estimate of drug-likeness (QED) is 0.312. The molecule has 0 radical (unpaired) electrons. The fourth-order valence-corrected chi connectivity index (χ4v) is 4.35. The zero-order valence-electron chi connectivity index (χ0n) is 21.5. The number of ether oxygens (including phenoxy) is 2. The predicted octanol–water partition coefficient (Wildman–Crippen LogP) is 3.87. The highest BCUT2D eigenvalue weighted by atomic mass is 35.5. The largest absolute Gasteiger partial charge is 0.493 e. The maximum Gasteiger partial charge on any atom is 0.234 e. The van der Waals surface area contributed by atoms with E-state index in [2.05, 4.69) is 41.6 Å². The molecule has 1 aliphatic rings. The molecule has 1 fully saturated rings. The Morgan fingerprint density at radius 1 is 1.09 bits per heavy atom. The summed E-state index contributed by atoms with van der Waals surface area (Å²) in [4.78, 5) is 23.3. The number of unbranched alkanes of at least 4 members (excludes halogenated alkanes) is 1. The molecule has 1 saturated heterocycles. The zero-order chi connectivity index (χ0) is 25.4. The SMILES string of the molecule is COc1cc2nc(NCCCCNC(=O)CCl)nc(NC3CCN(C(C)(C)C)CC3)c2cc1OC. The van der Waals surface area contributed by atoms with Crippen LogP contribution >= 0.6 is 11.6 Å². The molecule has 2 aromatic rings. The summed E-state index contributed by atoms with van der Waals surface area (Å²) in [7, 11) is 3.25. The van der Waals surface area contributed by atoms with Crippen molar-refractivity contribution in [1.82, 2.24) is 20.2 Å². The first-order valence-electron chi connectivity index (χ1n) is 12.3. The number of anilines is 2. The van der Waals surface area contributed by atoms with Crippen LogP contribution in [0.25, 0.3) is 10.9 Å². The Bertz CT molecular complexity index is 989. The number of hydrogen-bond acceptors (Lipinski definition) is 8. The fourth-order valence-electron chi connectivity index (χ4n) is 4.26. The monoisotopic (exact) mass is 506 g/mol. The third kappa shape index (κ3) is 7.48. The molecule has 3 N–H and O–H groups in total. The number of amides is 1. The number of aromatic nitrogens is 2. The number of alkyl halides is 1. The third-order valence-corrected chi connectivity index (χ3v) is 6.56. The molecule has 35 heavy (non-hydrogen) atoms. The van der Waals surface area contributed by atoms with Crippen molar-refractivity contribution in [2.24, 2.45) is 0 Å². The molecule has 1 amide bonds. The van der Waals surface area contributed by atoms with Crippen molar-refractivity contribution in [3.8, 4) is 11.5 Å². The van der Waals surface area contributed by atoms with Crippen LogP contribution in [0.4, 0.5) is 11.8 Å². The van der Waals surface area contributed by atoms with Crippen LogP contribution in [0.1, 0.15) is 46.5 Å². The zero-order valence-corrected chi connectivity index (χ0v) is 22.3. The first-order chi connectivity index (χ1) is 16.7. The Labute approximate surface area is 213 Å². The summed E-state index contributed by atoms with van der Waals surface area (Å²) in [6.07, 6.45) is 3.80. The van der Waals surface area contributed by atoms with Gasteiger partial charge in [-0.15, -0.1) is 11.6 Å². The molecule has 0 atom stereocenters. The lowest BCUT2D eigenvalue weighted by atomic mass is 9.98. The summed E-state index contributed by atoms with van der Waals surface area (Å²) in [6, 6.07) is 4.15. The van der Waals surface area contributed by atoms with E-state index in [4.69, 9.17) is 31.0 Å². The molecular weight excluding hydrogens is 468 g/mol. The number of piperidine rings is 1. The van der Waals surface area contributed by atoms with Crippen molar-refractivity contribution in [2.75, 3.05) is 56.9 Å². The van der Waals surface area contributed by atoms with E-state index in [0.29, 0.717) is 36.6 Å². The van der Waals surface area contributed by atoms with E-state index < -0.39 is 0 Å². The van der Waals surface area contributed by atoms with Crippen LogP contribution in [-0.4, -0.2) is 78.6 Å². The lowest BCUT2D eigenvalue weighted by Gasteiger charge is -2.41. The van der Waals surface area contributed by atoms with E-state index in [0.717, 1.165) is 55.5 Å². The van der Waals surface area contributed by atoms with Crippen molar-refractivity contribution in [3.05, 3.63) is 12.1 Å². The number of hydrogen-bond donors (Lipinski definition) is 3. The minimum atomic E-state index is -0.147. The molecule has 0 unspecified atom stereocenters. The Balaban J connectivity index is 1.74. The van der Waals surface area contributed by atoms with Crippen LogP contribution in [0.2, 0.25) is 0 Å². The summed E-state index contributed by atoms with van der Waals surface area (Å²) in [5.74, 6) is 2.47. The van der Waals surface area contributed by atoms with Crippen LogP contribution < -0.4 is 25.4 Å². The molecule has 10 heteroatoms. The van der Waals surface area contributed by atoms with E-state index >= 15 is 0 Å². The number of likely N-dealkylation sites (tertiary alicyclic amines) is 1. The number of nitrogens with zero attached hydrogens (tertiary/aromatic N) is 3. The molecule has 0 bridgehead atoms. The van der Waals surface area contributed by atoms with Gasteiger partial charge in [0.25, 0.3) is 0 Å². The fraction of sp³-hybridized carbons (Fsp3) is 0.640. The molecule has 194 valence electrons. The van der Waals surface area contributed by atoms with Crippen LogP contribution in [0.5, 0.6) is 11.5 Å². The first kappa shape index (κ1) is 27.1. The van der Waals surface area contributed by atoms with Gasteiger partial charge in [0.2, 0.25) is 11.9 Å². The van der Waals surface area contributed by atoms with Crippen molar-refractivity contribution < 1.29 is 14.3 Å². The summed E-state index contributed by atoms with van der Waals surface area (Å²) in [5.41, 5.74) is 0.963. The molecule has 0 saturated carbocycles. The normalized spacial score (nSPS) is 15.1. The van der Waals surface area contributed by atoms with Crippen LogP contribution in [-0.2, 0) is 4.79 Å². The molecule has 0 spiro atoms. The number of carbonyl (C=O) groups is 1. The minimum Gasteiger partial charge on any atom is -0.493 e. The highest BCUT2D eigenvalue weighted by Crippen LogP contribution is 2.35. The Morgan fingerprint density at radius 3 is 2.37 bits per heavy atom. The van der Waals surface area contributed by atoms with Crippen LogP contribution in [0, 0.1) is 0 Å². The van der Waals surface area contributed by atoms with E-state index in [1.165, 1.54) is 0 Å². The van der Waals surface area contributed by atoms with Gasteiger partial charge in [0.15, 0.2) is 11.5 Å². The molecule has 3 rings (SSSR count). The summed E-state index contributed by atoms with van der Waals surface area (Å²) < 4.78 is 11.0. The van der Waals surface area contributed by atoms with Gasteiger partial charge in [0.1, 0.15) is 11.7 Å². The van der Waals surface area contributed by atoms with Gasteiger partial charge in [-0.05, 0) is 52.5 Å². The van der Waals surface area contributed by atoms with Crippen molar-refractivity contribution in [1.29, 1.82) is 0 Å². The summed E-state index contributed by atoms with van der Waals surface area (Å²) in [5, 5.41) is 10.7. The van der Waals surface area contributed by atoms with Gasteiger partial charge in [-0.1, -0.05) is 0 Å². The number of halogens is 1. The van der Waals surface area contributed by atoms with Crippen LogP contribution in [0.15, 0.2) is 12.1 Å². The number of nitrogens with one attached hydrogen (secondary N) is 3. The summed E-state index contributed by atoms with van der Waals surface area (Å²) >= 11 is 5.51. The second-order valence-electron chi connectivity index (χ2n) is 9.81. The minimum absolute atomic E-state index is 0.0115. The number of fused-ring (bicyclic) bond motifs is 1. The second-order valence-corrected chi connectivity index (χ2v) is 10.1. The van der Waals surface area contributed by atoms with Crippen LogP contribution in [0.3, 0.4) is 0 Å². The summed E-state index contributed by atoms with van der Waals surface area (Å²) in [6.45, 7) is 10.2. The molecular formula is C25H39ClN6O3. The number of methoxy groups -OCH3 is 2. The van der Waals surface area contributed by atoms with E-state index in [1.54, 1.807) is 14.2 Å². The van der Waals surface area contributed by atoms with E-state index in [9.17, 15) is 4.79 Å². The Morgan fingerprint density at radius 2 is 1.74 bits per heavy atom. The predicted molar refractivity (Wildman–Crippen MR) is 142 cm³/mol. The average molecular weight is 507 g/mol. The standard InChI is InChI=1S/C25H39ClN6O3/c1-25(2,3)32-12-8-17(9-13-32)29-23-18-14-20(34-4)21(35-5)15-19(18)30-24(31-23)28-11-7-6-10-27-22(33)16-26/h14-15,17H,6-13,16H2,1-5H3,(H,27,33)(H2,28,29,30,31). The number of benzene rings is 1. The molecule has 9 nitrogen and oxygen atoms in total. The van der Waals surface area contributed by atoms with Gasteiger partial charge >= 0.3 is 0 Å². The molecule has 2 heterocycles. The number of rotatable bonds is 11. The Hall–Kier alpha value is -2.52. The van der Waals surface area contributed by atoms with Gasteiger partial charge in [-0.25, -0.2) is 4.98 Å². The van der Waals surface area contributed by atoms with Gasteiger partial charge < -0.3 is 25.4 Å². The van der Waals surface area contributed by atoms with Crippen molar-refractivity contribution >= 4 is 40.2 Å². The lowest BCUT2D eigenvalue weighted by Crippen LogP contribution is -2.48. The maximum absolute atomic E-state index is 11.2. The van der Waals surface area contributed by atoms with Crippen molar-refractivity contribution in [3.63, 3.8) is 0 Å². The molecule has 0 aliphatic carbocycles. The lowest BCUT2D eigenvalue weighted by molar-refractivity contribution is -0.118. The van der Waals surface area contributed by atoms with Gasteiger partial charge in [0, 0.05) is 49.2 Å². The van der Waals surface area contributed by atoms with E-state index in [-0.39, 0.29) is 17.3 Å². The maximum atomic E-state index is 11.2. The number of carbonyl (C=O) groups excluding carboxylic acids is 1. The highest BCUT2D eigenvalue weighted by Gasteiger charge is 2.27. The average Bonchev–Trinajstić information content (AvgIpc) is 2.84. The highest BCUT2D eigenvalue weighted by molar-refractivity contribution is 6.27. The topological polar surface area (TPSA) is 101 Å². The smallest absolute Gasteiger partial charge is 0.234 e. The molecule has 1 aliphatic heterocycles. The van der Waals surface area contributed by atoms with Gasteiger partial charge in [0.05, 0.1) is 19.7 Å². The molecule has 1 aromatic carbocycles.